The van der Waals surface area contributed by atoms with Gasteiger partial charge in [-0.15, -0.1) is 30.1 Å². The van der Waals surface area contributed by atoms with E-state index < -0.39 is 0 Å². The van der Waals surface area contributed by atoms with Crippen LogP contribution >= 0.6 is 23.5 Å². The monoisotopic (exact) mass is 224 g/mol. The summed E-state index contributed by atoms with van der Waals surface area (Å²) in [6, 6.07) is 10.7. The number of hydrogen-bond donors (Lipinski definition) is 0. The molecule has 0 heterocycles. The van der Waals surface area contributed by atoms with Crippen molar-refractivity contribution >= 4 is 23.5 Å². The van der Waals surface area contributed by atoms with Crippen LogP contribution in [0.5, 0.6) is 0 Å². The van der Waals surface area contributed by atoms with E-state index in [9.17, 15) is 0 Å². The van der Waals surface area contributed by atoms with Gasteiger partial charge in [0.2, 0.25) is 0 Å². The minimum absolute atomic E-state index is 0.555. The zero-order chi connectivity index (χ0) is 10.2. The molecule has 1 unspecified atom stereocenters. The Morgan fingerprint density at radius 1 is 1.29 bits per heavy atom. The predicted molar refractivity (Wildman–Crippen MR) is 70.0 cm³/mol. The van der Waals surface area contributed by atoms with Crippen LogP contribution in [0.4, 0.5) is 0 Å². The van der Waals surface area contributed by atoms with Gasteiger partial charge in [0.1, 0.15) is 0 Å². The quantitative estimate of drug-likeness (QED) is 0.520. The Hall–Kier alpha value is -0.340. The van der Waals surface area contributed by atoms with Crippen molar-refractivity contribution in [3.05, 3.63) is 48.6 Å². The molecule has 1 aromatic carbocycles. The Morgan fingerprint density at radius 2 is 2.00 bits per heavy atom. The molecule has 0 aromatic heterocycles. The summed E-state index contributed by atoms with van der Waals surface area (Å²) < 4.78 is 0.555. The lowest BCUT2D eigenvalue weighted by Crippen LogP contribution is -1.90. The summed E-state index contributed by atoms with van der Waals surface area (Å²) in [5, 5.41) is 0. The summed E-state index contributed by atoms with van der Waals surface area (Å²) in [6.07, 6.45) is 1.97. The van der Waals surface area contributed by atoms with Gasteiger partial charge in [0.05, 0.1) is 4.58 Å². The third-order valence-electron chi connectivity index (χ3n) is 1.76. The molecule has 0 amide bonds. The van der Waals surface area contributed by atoms with Crippen LogP contribution in [0.25, 0.3) is 0 Å². The van der Waals surface area contributed by atoms with Crippen molar-refractivity contribution in [2.75, 3.05) is 11.5 Å². The lowest BCUT2D eigenvalue weighted by molar-refractivity contribution is 1.36. The first-order valence-corrected chi connectivity index (χ1v) is 6.87. The van der Waals surface area contributed by atoms with Gasteiger partial charge in [-0.1, -0.05) is 43.3 Å². The minimum atomic E-state index is 0.555. The van der Waals surface area contributed by atoms with Gasteiger partial charge < -0.3 is 0 Å². The van der Waals surface area contributed by atoms with Gasteiger partial charge in [0, 0.05) is 5.75 Å². The lowest BCUT2D eigenvalue weighted by Gasteiger charge is -2.14. The maximum Gasteiger partial charge on any atom is 0.0754 e. The standard InChI is InChI=1S/C12H16S2/c1-3-10-14-12(13-4-2)11-8-6-5-7-9-11/h3,5-9,12H,1,4,10H2,2H3. The first-order chi connectivity index (χ1) is 6.88. The van der Waals surface area contributed by atoms with E-state index in [2.05, 4.69) is 43.8 Å². The van der Waals surface area contributed by atoms with Gasteiger partial charge in [-0.3, -0.25) is 0 Å². The highest BCUT2D eigenvalue weighted by Gasteiger charge is 2.09. The van der Waals surface area contributed by atoms with Gasteiger partial charge in [0.25, 0.3) is 0 Å². The highest BCUT2D eigenvalue weighted by atomic mass is 32.2. The van der Waals surface area contributed by atoms with Crippen LogP contribution in [0.3, 0.4) is 0 Å². The Balaban J connectivity index is 2.62. The Morgan fingerprint density at radius 3 is 2.57 bits per heavy atom. The van der Waals surface area contributed by atoms with E-state index in [1.165, 1.54) is 5.56 Å². The van der Waals surface area contributed by atoms with Gasteiger partial charge in [-0.05, 0) is 11.3 Å². The van der Waals surface area contributed by atoms with Crippen molar-refractivity contribution in [2.24, 2.45) is 0 Å². The fourth-order valence-corrected chi connectivity index (χ4v) is 3.50. The van der Waals surface area contributed by atoms with Crippen LogP contribution in [-0.2, 0) is 0 Å². The molecule has 0 aliphatic carbocycles. The molecule has 0 bridgehead atoms. The van der Waals surface area contributed by atoms with Crippen LogP contribution < -0.4 is 0 Å². The lowest BCUT2D eigenvalue weighted by atomic mass is 10.2. The molecule has 0 fully saturated rings. The van der Waals surface area contributed by atoms with E-state index in [-0.39, 0.29) is 0 Å². The maximum atomic E-state index is 3.76. The third-order valence-corrected chi connectivity index (χ3v) is 4.48. The fraction of sp³-hybridized carbons (Fsp3) is 0.333. The fourth-order valence-electron chi connectivity index (χ4n) is 1.16. The van der Waals surface area contributed by atoms with Crippen molar-refractivity contribution in [2.45, 2.75) is 11.5 Å². The Kier molecular flexibility index (Phi) is 5.88. The summed E-state index contributed by atoms with van der Waals surface area (Å²) in [5.74, 6) is 2.18. The highest BCUT2D eigenvalue weighted by Crippen LogP contribution is 2.38. The summed E-state index contributed by atoms with van der Waals surface area (Å²) >= 11 is 3.93. The second-order valence-corrected chi connectivity index (χ2v) is 5.64. The van der Waals surface area contributed by atoms with Crippen molar-refractivity contribution in [1.82, 2.24) is 0 Å². The molecule has 0 radical (unpaired) electrons. The first-order valence-electron chi connectivity index (χ1n) is 4.77. The molecule has 14 heavy (non-hydrogen) atoms. The molecule has 0 aliphatic rings. The molecule has 0 N–H and O–H groups in total. The number of benzene rings is 1. The zero-order valence-corrected chi connectivity index (χ0v) is 10.1. The van der Waals surface area contributed by atoms with Gasteiger partial charge in [-0.2, -0.15) is 0 Å². The molecule has 1 aromatic rings. The second-order valence-electron chi connectivity index (χ2n) is 2.82. The largest absolute Gasteiger partial charge is 0.143 e. The number of hydrogen-bond acceptors (Lipinski definition) is 2. The first kappa shape index (κ1) is 11.7. The van der Waals surface area contributed by atoms with Crippen molar-refractivity contribution in [3.63, 3.8) is 0 Å². The maximum absolute atomic E-state index is 3.76. The van der Waals surface area contributed by atoms with Crippen molar-refractivity contribution in [3.8, 4) is 0 Å². The van der Waals surface area contributed by atoms with Gasteiger partial charge in [0.15, 0.2) is 0 Å². The van der Waals surface area contributed by atoms with E-state index in [0.717, 1.165) is 11.5 Å². The molecule has 0 nitrogen and oxygen atoms in total. The van der Waals surface area contributed by atoms with E-state index in [1.807, 2.05) is 29.6 Å². The molecule has 2 heteroatoms. The molecular weight excluding hydrogens is 208 g/mol. The van der Waals surface area contributed by atoms with Crippen LogP contribution in [0.15, 0.2) is 43.0 Å². The average Bonchev–Trinajstić information content (AvgIpc) is 2.25. The topological polar surface area (TPSA) is 0 Å². The van der Waals surface area contributed by atoms with E-state index in [0.29, 0.717) is 4.58 Å². The number of thioether (sulfide) groups is 2. The summed E-state index contributed by atoms with van der Waals surface area (Å²) in [7, 11) is 0. The van der Waals surface area contributed by atoms with Crippen LogP contribution in [-0.4, -0.2) is 11.5 Å². The second kappa shape index (κ2) is 7.02. The summed E-state index contributed by atoms with van der Waals surface area (Å²) in [5.41, 5.74) is 1.41. The Labute approximate surface area is 95.2 Å². The van der Waals surface area contributed by atoms with Crippen molar-refractivity contribution < 1.29 is 0 Å². The van der Waals surface area contributed by atoms with E-state index in [4.69, 9.17) is 0 Å². The molecule has 1 rings (SSSR count). The van der Waals surface area contributed by atoms with Gasteiger partial charge in [-0.25, -0.2) is 0 Å². The van der Waals surface area contributed by atoms with Crippen LogP contribution in [0.2, 0.25) is 0 Å². The SMILES string of the molecule is C=CCSC(SCC)c1ccccc1. The average molecular weight is 224 g/mol. The van der Waals surface area contributed by atoms with Crippen LogP contribution in [0, 0.1) is 0 Å². The smallest absolute Gasteiger partial charge is 0.0754 e. The molecule has 0 spiro atoms. The molecule has 0 saturated carbocycles. The molecule has 76 valence electrons. The molecule has 0 aliphatic heterocycles. The number of rotatable bonds is 6. The summed E-state index contributed by atoms with van der Waals surface area (Å²) in [6.45, 7) is 5.96. The van der Waals surface area contributed by atoms with Crippen molar-refractivity contribution in [1.29, 1.82) is 0 Å². The van der Waals surface area contributed by atoms with E-state index >= 15 is 0 Å². The van der Waals surface area contributed by atoms with Gasteiger partial charge >= 0.3 is 0 Å². The molecule has 0 saturated heterocycles. The third kappa shape index (κ3) is 3.81. The zero-order valence-electron chi connectivity index (χ0n) is 8.48. The molecule has 1 atom stereocenters. The normalized spacial score (nSPS) is 12.4. The van der Waals surface area contributed by atoms with Crippen LogP contribution in [0.1, 0.15) is 17.1 Å². The predicted octanol–water partition coefficient (Wildman–Crippen LogP) is 4.36. The molecular formula is C12H16S2. The summed E-state index contributed by atoms with van der Waals surface area (Å²) in [4.78, 5) is 0. The Bertz CT molecular complexity index is 256. The highest BCUT2D eigenvalue weighted by molar-refractivity contribution is 8.16. The van der Waals surface area contributed by atoms with E-state index in [1.54, 1.807) is 0 Å². The minimum Gasteiger partial charge on any atom is -0.143 e.